The maximum Gasteiger partial charge on any atom is 0.352 e. The summed E-state index contributed by atoms with van der Waals surface area (Å²) in [7, 11) is 0. The van der Waals surface area contributed by atoms with E-state index in [4.69, 9.17) is 34.8 Å². The van der Waals surface area contributed by atoms with Gasteiger partial charge in [0.05, 0.1) is 20.8 Å². The number of halogens is 3. The number of hydrogen-bond acceptors (Lipinski definition) is 6. The number of benzene rings is 1. The number of nitrogens with one attached hydrogen (secondary N) is 1. The molecule has 3 heterocycles. The summed E-state index contributed by atoms with van der Waals surface area (Å²) in [5.74, 6) is -1.31. The molecule has 2 atom stereocenters. The summed E-state index contributed by atoms with van der Waals surface area (Å²) in [6.45, 7) is 1.38. The van der Waals surface area contributed by atoms with Gasteiger partial charge >= 0.3 is 5.97 Å². The number of carboxylic acids is 1. The number of β-lactam (4-membered cyclic amide) rings is 1. The average Bonchev–Trinajstić information content (AvgIpc) is 3.62. The fourth-order valence-corrected chi connectivity index (χ4v) is 7.37. The minimum atomic E-state index is -1.24. The van der Waals surface area contributed by atoms with E-state index < -0.39 is 29.2 Å². The molecule has 37 heavy (non-hydrogen) atoms. The third-order valence-electron chi connectivity index (χ3n) is 6.59. The molecular formula is C24H22Cl3N3O5S2. The standard InChI is InChI=1S/C24H22Cl3N3O5S2/c25-14-6-16(27)17(7-15(14)26)36-10-18(31)28-19-22(33)30-20(24(34)35)13(9-37-23(19)30)5-12-3-4-29(21(12)32)8-11-1-2-11/h5-7,11,19,23H,1-4,8-10H2,(H,28,31)(H,34,35)/b12-5+/t19-,23-/m1/s1. The zero-order valence-corrected chi connectivity index (χ0v) is 23.2. The van der Waals surface area contributed by atoms with Crippen LogP contribution in [0.2, 0.25) is 15.1 Å². The minimum absolute atomic E-state index is 0.0166. The molecule has 0 radical (unpaired) electrons. The molecule has 196 valence electrons. The van der Waals surface area contributed by atoms with E-state index in [-0.39, 0.29) is 17.4 Å². The molecule has 1 saturated carbocycles. The Kier molecular flexibility index (Phi) is 7.75. The van der Waals surface area contributed by atoms with Gasteiger partial charge in [-0.05, 0) is 49.0 Å². The maximum absolute atomic E-state index is 12.9. The lowest BCUT2D eigenvalue weighted by Gasteiger charge is -2.49. The summed E-state index contributed by atoms with van der Waals surface area (Å²) in [6.07, 6.45) is 4.49. The molecule has 0 aromatic heterocycles. The van der Waals surface area contributed by atoms with Gasteiger partial charge < -0.3 is 15.3 Å². The molecule has 2 N–H and O–H groups in total. The van der Waals surface area contributed by atoms with Crippen molar-refractivity contribution in [3.63, 3.8) is 0 Å². The Labute approximate surface area is 236 Å². The van der Waals surface area contributed by atoms with Crippen LogP contribution in [0.5, 0.6) is 0 Å². The number of hydrogen-bond donors (Lipinski definition) is 2. The van der Waals surface area contributed by atoms with Gasteiger partial charge in [-0.15, -0.1) is 23.5 Å². The van der Waals surface area contributed by atoms with E-state index in [0.29, 0.717) is 55.7 Å². The third kappa shape index (κ3) is 5.49. The number of carboxylic acid groups (broad SMARTS) is 1. The van der Waals surface area contributed by atoms with E-state index in [0.717, 1.165) is 31.1 Å². The minimum Gasteiger partial charge on any atom is -0.477 e. The van der Waals surface area contributed by atoms with Gasteiger partial charge in [-0.3, -0.25) is 19.3 Å². The Morgan fingerprint density at radius 3 is 2.59 bits per heavy atom. The number of rotatable bonds is 8. The number of thioether (sulfide) groups is 2. The highest BCUT2D eigenvalue weighted by molar-refractivity contribution is 8.00. The number of carbonyl (C=O) groups excluding carboxylic acids is 3. The van der Waals surface area contributed by atoms with Crippen LogP contribution in [-0.4, -0.2) is 74.6 Å². The smallest absolute Gasteiger partial charge is 0.352 e. The molecule has 1 aliphatic carbocycles. The first-order chi connectivity index (χ1) is 17.6. The largest absolute Gasteiger partial charge is 0.477 e. The van der Waals surface area contributed by atoms with Crippen molar-refractivity contribution in [2.24, 2.45) is 5.92 Å². The monoisotopic (exact) mass is 601 g/mol. The average molecular weight is 603 g/mol. The summed E-state index contributed by atoms with van der Waals surface area (Å²) in [4.78, 5) is 54.0. The van der Waals surface area contributed by atoms with Crippen molar-refractivity contribution in [2.45, 2.75) is 35.6 Å². The maximum atomic E-state index is 12.9. The Morgan fingerprint density at radius 2 is 1.89 bits per heavy atom. The van der Waals surface area contributed by atoms with Crippen LogP contribution in [0, 0.1) is 5.92 Å². The van der Waals surface area contributed by atoms with Crippen LogP contribution in [0.4, 0.5) is 0 Å². The molecule has 0 bridgehead atoms. The second-order valence-electron chi connectivity index (χ2n) is 9.23. The molecular weight excluding hydrogens is 581 g/mol. The van der Waals surface area contributed by atoms with Gasteiger partial charge in [-0.25, -0.2) is 4.79 Å². The predicted molar refractivity (Wildman–Crippen MR) is 144 cm³/mol. The summed E-state index contributed by atoms with van der Waals surface area (Å²) in [5, 5.41) is 13.0. The molecule has 1 aromatic carbocycles. The van der Waals surface area contributed by atoms with Gasteiger partial charge in [0, 0.05) is 29.3 Å². The van der Waals surface area contributed by atoms with Crippen LogP contribution in [0.15, 0.2) is 39.9 Å². The van der Waals surface area contributed by atoms with Crippen molar-refractivity contribution >= 4 is 82.0 Å². The molecule has 0 unspecified atom stereocenters. The van der Waals surface area contributed by atoms with E-state index in [9.17, 15) is 24.3 Å². The lowest BCUT2D eigenvalue weighted by atomic mass is 10.0. The Morgan fingerprint density at radius 1 is 1.16 bits per heavy atom. The summed E-state index contributed by atoms with van der Waals surface area (Å²) in [6, 6.07) is 2.22. The second-order valence-corrected chi connectivity index (χ2v) is 12.6. The topological polar surface area (TPSA) is 107 Å². The van der Waals surface area contributed by atoms with Crippen LogP contribution in [0.3, 0.4) is 0 Å². The SMILES string of the molecule is O=C(CSc1cc(Cl)c(Cl)cc1Cl)N[C@@H]1C(=O)N2C(C(=O)O)=C(/C=C3\CCN(CC4CC4)C3=O)CS[C@H]12. The summed E-state index contributed by atoms with van der Waals surface area (Å²) in [5.41, 5.74) is 0.884. The molecule has 4 aliphatic rings. The normalized spacial score (nSPS) is 24.5. The number of allylic oxidation sites excluding steroid dienone is 1. The first-order valence-electron chi connectivity index (χ1n) is 11.6. The predicted octanol–water partition coefficient (Wildman–Crippen LogP) is 4.05. The molecule has 8 nitrogen and oxygen atoms in total. The summed E-state index contributed by atoms with van der Waals surface area (Å²) >= 11 is 20.6. The quantitative estimate of drug-likeness (QED) is 0.200. The van der Waals surface area contributed by atoms with E-state index in [2.05, 4.69) is 5.32 Å². The van der Waals surface area contributed by atoms with Crippen LogP contribution >= 0.6 is 58.3 Å². The highest BCUT2D eigenvalue weighted by atomic mass is 35.5. The zero-order valence-electron chi connectivity index (χ0n) is 19.3. The number of nitrogens with zero attached hydrogens (tertiary/aromatic N) is 2. The van der Waals surface area contributed by atoms with Crippen molar-refractivity contribution in [2.75, 3.05) is 24.6 Å². The van der Waals surface area contributed by atoms with Crippen molar-refractivity contribution in [1.82, 2.24) is 15.1 Å². The van der Waals surface area contributed by atoms with E-state index in [1.807, 2.05) is 4.90 Å². The molecule has 3 aliphatic heterocycles. The lowest BCUT2D eigenvalue weighted by Crippen LogP contribution is -2.70. The van der Waals surface area contributed by atoms with E-state index in [1.165, 1.54) is 22.7 Å². The lowest BCUT2D eigenvalue weighted by molar-refractivity contribution is -0.150. The van der Waals surface area contributed by atoms with Crippen molar-refractivity contribution < 1.29 is 24.3 Å². The van der Waals surface area contributed by atoms with Gasteiger partial charge in [0.25, 0.3) is 5.91 Å². The number of aliphatic carboxylic acids is 1. The van der Waals surface area contributed by atoms with Crippen molar-refractivity contribution in [1.29, 1.82) is 0 Å². The Bertz CT molecular complexity index is 1270. The van der Waals surface area contributed by atoms with Gasteiger partial charge in [0.15, 0.2) is 0 Å². The first-order valence-corrected chi connectivity index (χ1v) is 14.8. The van der Waals surface area contributed by atoms with Gasteiger partial charge in [0.2, 0.25) is 11.8 Å². The molecule has 2 saturated heterocycles. The fourth-order valence-electron chi connectivity index (χ4n) is 4.52. The highest BCUT2D eigenvalue weighted by Crippen LogP contribution is 2.42. The van der Waals surface area contributed by atoms with Crippen LogP contribution in [0.25, 0.3) is 0 Å². The molecule has 5 rings (SSSR count). The Hall–Kier alpha value is -1.85. The summed E-state index contributed by atoms with van der Waals surface area (Å²) < 4.78 is 0. The first kappa shape index (κ1) is 26.7. The van der Waals surface area contributed by atoms with Gasteiger partial charge in [-0.2, -0.15) is 0 Å². The second kappa shape index (κ2) is 10.7. The van der Waals surface area contributed by atoms with Crippen LogP contribution < -0.4 is 5.32 Å². The van der Waals surface area contributed by atoms with E-state index in [1.54, 1.807) is 12.1 Å². The molecule has 0 spiro atoms. The highest BCUT2D eigenvalue weighted by Gasteiger charge is 2.54. The number of carbonyl (C=O) groups is 4. The fraction of sp³-hybridized carbons (Fsp3) is 0.417. The van der Waals surface area contributed by atoms with Crippen molar-refractivity contribution in [3.05, 3.63) is 50.1 Å². The van der Waals surface area contributed by atoms with Gasteiger partial charge in [0.1, 0.15) is 17.1 Å². The number of likely N-dealkylation sites (tertiary alicyclic amines) is 1. The Balaban J connectivity index is 1.24. The molecule has 13 heteroatoms. The molecule has 3 fully saturated rings. The number of fused-ring (bicyclic) bond motifs is 1. The zero-order chi connectivity index (χ0) is 26.4. The van der Waals surface area contributed by atoms with Crippen LogP contribution in [-0.2, 0) is 19.2 Å². The van der Waals surface area contributed by atoms with E-state index >= 15 is 0 Å². The van der Waals surface area contributed by atoms with Gasteiger partial charge in [-0.1, -0.05) is 34.8 Å². The van der Waals surface area contributed by atoms with Crippen LogP contribution in [0.1, 0.15) is 19.3 Å². The molecule has 3 amide bonds. The number of amides is 3. The molecule has 1 aromatic rings. The third-order valence-corrected chi connectivity index (χ3v) is 10.1. The van der Waals surface area contributed by atoms with Crippen molar-refractivity contribution in [3.8, 4) is 0 Å².